The quantitative estimate of drug-likeness (QED) is 0.676. The van der Waals surface area contributed by atoms with E-state index in [0.717, 1.165) is 10.6 Å². The van der Waals surface area contributed by atoms with Crippen LogP contribution < -0.4 is 13.8 Å². The summed E-state index contributed by atoms with van der Waals surface area (Å²) >= 11 is 0. The summed E-state index contributed by atoms with van der Waals surface area (Å²) in [5.74, 6) is 0.381. The van der Waals surface area contributed by atoms with Gasteiger partial charge in [0, 0.05) is 39.2 Å². The first kappa shape index (κ1) is 20.8. The third-order valence-electron chi connectivity index (χ3n) is 4.41. The lowest BCUT2D eigenvalue weighted by molar-refractivity contribution is -0.137. The second-order valence-electron chi connectivity index (χ2n) is 6.19. The van der Waals surface area contributed by atoms with Crippen LogP contribution in [0.4, 0.5) is 5.69 Å². The Morgan fingerprint density at radius 2 is 1.67 bits per heavy atom. The van der Waals surface area contributed by atoms with Gasteiger partial charge in [-0.15, -0.1) is 0 Å². The highest BCUT2D eigenvalue weighted by molar-refractivity contribution is 7.92. The molecule has 10 heteroatoms. The molecule has 1 fully saturated rings. The molecule has 0 radical (unpaired) electrons. The van der Waals surface area contributed by atoms with Crippen LogP contribution in [0.1, 0.15) is 6.92 Å². The Labute approximate surface area is 159 Å². The molecule has 0 aliphatic carbocycles. The maximum absolute atomic E-state index is 12.7. The van der Waals surface area contributed by atoms with Gasteiger partial charge in [-0.3, -0.25) is 13.9 Å². The maximum Gasteiger partial charge on any atom is 0.243 e. The van der Waals surface area contributed by atoms with Gasteiger partial charge in [-0.1, -0.05) is 0 Å². The van der Waals surface area contributed by atoms with Crippen LogP contribution in [0.3, 0.4) is 0 Å². The second-order valence-corrected chi connectivity index (χ2v) is 8.10. The zero-order chi connectivity index (χ0) is 20.2. The molecule has 0 unspecified atom stereocenters. The zero-order valence-corrected chi connectivity index (χ0v) is 16.8. The average molecular weight is 399 g/mol. The summed E-state index contributed by atoms with van der Waals surface area (Å²) in [6.07, 6.45) is 1.03. The number of carbonyl (C=O) groups excluding carboxylic acids is 2. The van der Waals surface area contributed by atoms with Gasteiger partial charge in [0.15, 0.2) is 0 Å². The fourth-order valence-electron chi connectivity index (χ4n) is 2.87. The predicted octanol–water partition coefficient (Wildman–Crippen LogP) is 0.161. The van der Waals surface area contributed by atoms with Crippen molar-refractivity contribution in [1.29, 1.82) is 0 Å². The van der Waals surface area contributed by atoms with E-state index in [9.17, 15) is 18.0 Å². The van der Waals surface area contributed by atoms with E-state index in [2.05, 4.69) is 0 Å². The Morgan fingerprint density at radius 1 is 1.07 bits per heavy atom. The monoisotopic (exact) mass is 399 g/mol. The Hall–Kier alpha value is -2.49. The molecule has 27 heavy (non-hydrogen) atoms. The minimum atomic E-state index is -3.75. The SMILES string of the molecule is COc1ccc(OC)c(N(CC(=O)N2CCN(C(C)=O)CC2)S(C)(=O)=O)c1. The van der Waals surface area contributed by atoms with Crippen LogP contribution >= 0.6 is 0 Å². The number of methoxy groups -OCH3 is 2. The van der Waals surface area contributed by atoms with Gasteiger partial charge < -0.3 is 19.3 Å². The number of carbonyl (C=O) groups is 2. The molecule has 1 saturated heterocycles. The van der Waals surface area contributed by atoms with E-state index >= 15 is 0 Å². The van der Waals surface area contributed by atoms with Crippen LogP contribution in [0.15, 0.2) is 18.2 Å². The number of amides is 2. The molecule has 9 nitrogen and oxygen atoms in total. The largest absolute Gasteiger partial charge is 0.497 e. The minimum absolute atomic E-state index is 0.0408. The zero-order valence-electron chi connectivity index (χ0n) is 16.0. The van der Waals surface area contributed by atoms with Crippen molar-refractivity contribution in [3.63, 3.8) is 0 Å². The van der Waals surface area contributed by atoms with Gasteiger partial charge in [0.2, 0.25) is 21.8 Å². The highest BCUT2D eigenvalue weighted by Crippen LogP contribution is 2.33. The van der Waals surface area contributed by atoms with Crippen molar-refractivity contribution >= 4 is 27.5 Å². The molecule has 0 bridgehead atoms. The number of rotatable bonds is 6. The van der Waals surface area contributed by atoms with E-state index in [4.69, 9.17) is 9.47 Å². The molecule has 0 N–H and O–H groups in total. The van der Waals surface area contributed by atoms with E-state index in [1.807, 2.05) is 0 Å². The molecule has 1 aliphatic heterocycles. The first-order chi connectivity index (χ1) is 12.7. The fourth-order valence-corrected chi connectivity index (χ4v) is 3.71. The molecule has 1 heterocycles. The second kappa shape index (κ2) is 8.47. The molecule has 150 valence electrons. The lowest BCUT2D eigenvalue weighted by atomic mass is 10.2. The average Bonchev–Trinajstić information content (AvgIpc) is 2.64. The number of sulfonamides is 1. The van der Waals surface area contributed by atoms with E-state index in [0.29, 0.717) is 37.7 Å². The van der Waals surface area contributed by atoms with E-state index in [1.54, 1.807) is 21.9 Å². The van der Waals surface area contributed by atoms with Crippen molar-refractivity contribution in [2.45, 2.75) is 6.92 Å². The Balaban J connectivity index is 2.24. The third-order valence-corrected chi connectivity index (χ3v) is 5.54. The van der Waals surface area contributed by atoms with Crippen molar-refractivity contribution in [3.8, 4) is 11.5 Å². The summed E-state index contributed by atoms with van der Waals surface area (Å²) in [6.45, 7) is 2.72. The molecule has 2 rings (SSSR count). The van der Waals surface area contributed by atoms with Crippen LogP contribution in [-0.2, 0) is 19.6 Å². The molecular weight excluding hydrogens is 374 g/mol. The summed E-state index contributed by atoms with van der Waals surface area (Å²) < 4.78 is 36.2. The maximum atomic E-state index is 12.7. The summed E-state index contributed by atoms with van der Waals surface area (Å²) in [6, 6.07) is 4.74. The standard InChI is InChI=1S/C17H25N3O6S/c1-13(21)18-7-9-19(10-8-18)17(22)12-20(27(4,23)24)15-11-14(25-2)5-6-16(15)26-3/h5-6,11H,7-10,12H2,1-4H3. The van der Waals surface area contributed by atoms with E-state index in [1.165, 1.54) is 27.2 Å². The number of nitrogens with zero attached hydrogens (tertiary/aromatic N) is 3. The van der Waals surface area contributed by atoms with Crippen LogP contribution in [0, 0.1) is 0 Å². The number of piperazine rings is 1. The van der Waals surface area contributed by atoms with Crippen LogP contribution in [0.2, 0.25) is 0 Å². The van der Waals surface area contributed by atoms with Gasteiger partial charge in [0.25, 0.3) is 0 Å². The number of hydrogen-bond acceptors (Lipinski definition) is 6. The van der Waals surface area contributed by atoms with Gasteiger partial charge >= 0.3 is 0 Å². The third kappa shape index (κ3) is 5.03. The van der Waals surface area contributed by atoms with Gasteiger partial charge in [0.1, 0.15) is 18.0 Å². The number of benzene rings is 1. The van der Waals surface area contributed by atoms with E-state index in [-0.39, 0.29) is 24.0 Å². The normalized spacial score (nSPS) is 14.7. The Kier molecular flexibility index (Phi) is 6.53. The number of anilines is 1. The van der Waals surface area contributed by atoms with Crippen LogP contribution in [-0.4, -0.2) is 83.2 Å². The summed E-state index contributed by atoms with van der Waals surface area (Å²) in [7, 11) is -0.854. The first-order valence-corrected chi connectivity index (χ1v) is 10.2. The Morgan fingerprint density at radius 3 is 2.15 bits per heavy atom. The summed E-state index contributed by atoms with van der Waals surface area (Å²) in [5, 5.41) is 0. The van der Waals surface area contributed by atoms with Crippen molar-refractivity contribution in [2.75, 3.05) is 57.5 Å². The molecule has 2 amide bonds. The van der Waals surface area contributed by atoms with Crippen molar-refractivity contribution in [1.82, 2.24) is 9.80 Å². The fraction of sp³-hybridized carbons (Fsp3) is 0.529. The highest BCUT2D eigenvalue weighted by atomic mass is 32.2. The Bertz CT molecular complexity index is 803. The van der Waals surface area contributed by atoms with Crippen molar-refractivity contribution in [3.05, 3.63) is 18.2 Å². The smallest absolute Gasteiger partial charge is 0.243 e. The topological polar surface area (TPSA) is 96.5 Å². The van der Waals surface area contributed by atoms with Crippen LogP contribution in [0.5, 0.6) is 11.5 Å². The molecule has 1 aliphatic rings. The van der Waals surface area contributed by atoms with E-state index < -0.39 is 10.0 Å². The molecule has 1 aromatic carbocycles. The summed E-state index contributed by atoms with van der Waals surface area (Å²) in [4.78, 5) is 27.3. The molecule has 0 aromatic heterocycles. The minimum Gasteiger partial charge on any atom is -0.497 e. The number of hydrogen-bond donors (Lipinski definition) is 0. The number of ether oxygens (including phenoxy) is 2. The molecule has 0 atom stereocenters. The van der Waals surface area contributed by atoms with Gasteiger partial charge in [-0.2, -0.15) is 0 Å². The molecule has 0 saturated carbocycles. The first-order valence-electron chi connectivity index (χ1n) is 8.40. The van der Waals surface area contributed by atoms with Crippen molar-refractivity contribution in [2.24, 2.45) is 0 Å². The molecule has 1 aromatic rings. The van der Waals surface area contributed by atoms with Crippen LogP contribution in [0.25, 0.3) is 0 Å². The van der Waals surface area contributed by atoms with Gasteiger partial charge in [0.05, 0.1) is 26.2 Å². The lowest BCUT2D eigenvalue weighted by Gasteiger charge is -2.35. The molecule has 0 spiro atoms. The predicted molar refractivity (Wildman–Crippen MR) is 101 cm³/mol. The summed E-state index contributed by atoms with van der Waals surface area (Å²) in [5.41, 5.74) is 0.232. The van der Waals surface area contributed by atoms with Crippen molar-refractivity contribution < 1.29 is 27.5 Å². The van der Waals surface area contributed by atoms with Gasteiger partial charge in [-0.25, -0.2) is 8.42 Å². The molecular formula is C17H25N3O6S. The highest BCUT2D eigenvalue weighted by Gasteiger charge is 2.29. The lowest BCUT2D eigenvalue weighted by Crippen LogP contribution is -2.52. The van der Waals surface area contributed by atoms with Gasteiger partial charge in [-0.05, 0) is 12.1 Å².